The average Bonchev–Trinajstić information content (AvgIpc) is 3.73. The molecule has 0 saturated carbocycles. The summed E-state index contributed by atoms with van der Waals surface area (Å²) in [5.41, 5.74) is 11.0. The van der Waals surface area contributed by atoms with E-state index < -0.39 is 21.3 Å². The number of fused-ring (bicyclic) bond motifs is 2. The summed E-state index contributed by atoms with van der Waals surface area (Å²) in [5, 5.41) is 3.56. The third-order valence-corrected chi connectivity index (χ3v) is 17.5. The van der Waals surface area contributed by atoms with Gasteiger partial charge in [-0.15, -0.1) is 0 Å². The van der Waals surface area contributed by atoms with Crippen LogP contribution >= 0.6 is 11.6 Å². The summed E-state index contributed by atoms with van der Waals surface area (Å²) in [4.78, 5) is 0. The summed E-state index contributed by atoms with van der Waals surface area (Å²) in [6.45, 7) is 7.04. The van der Waals surface area contributed by atoms with E-state index in [0.717, 1.165) is 24.3 Å². The Morgan fingerprint density at radius 1 is 0.848 bits per heavy atom. The normalized spacial score (nSPS) is 18.7. The molecule has 0 N–H and O–H groups in total. The number of unbranched alkanes of at least 4 members (excludes halogenated alkanes) is 1. The molecular weight excluding hydrogens is 655 g/mol. The number of aryl methyl sites for hydroxylation is 1. The zero-order valence-electron chi connectivity index (χ0n) is 27.1. The van der Waals surface area contributed by atoms with Crippen LogP contribution < -0.4 is 10.4 Å². The summed E-state index contributed by atoms with van der Waals surface area (Å²) < 4.78 is 6.17. The average molecular weight is 696 g/mol. The van der Waals surface area contributed by atoms with E-state index in [-0.39, 0.29) is 5.41 Å². The Labute approximate surface area is 287 Å². The van der Waals surface area contributed by atoms with Gasteiger partial charge in [-0.1, -0.05) is 0 Å². The van der Waals surface area contributed by atoms with E-state index in [2.05, 4.69) is 146 Å². The van der Waals surface area contributed by atoms with E-state index in [1.54, 1.807) is 6.56 Å². The number of hydrogen-bond acceptors (Lipinski definition) is 0. The molecule has 0 aromatic heterocycles. The molecule has 0 nitrogen and oxygen atoms in total. The van der Waals surface area contributed by atoms with Gasteiger partial charge in [0.05, 0.1) is 0 Å². The van der Waals surface area contributed by atoms with Gasteiger partial charge in [-0.25, -0.2) is 0 Å². The van der Waals surface area contributed by atoms with E-state index in [9.17, 15) is 0 Å². The fourth-order valence-corrected chi connectivity index (χ4v) is 16.1. The third kappa shape index (κ3) is 5.72. The van der Waals surface area contributed by atoms with E-state index >= 15 is 0 Å². The molecule has 0 fully saturated rings. The first-order chi connectivity index (χ1) is 22.5. The summed E-state index contributed by atoms with van der Waals surface area (Å²) >= 11 is 3.86. The molecule has 4 aromatic rings. The van der Waals surface area contributed by atoms with E-state index in [0.29, 0.717) is 0 Å². The molecule has 0 saturated heterocycles. The maximum absolute atomic E-state index is 6.49. The van der Waals surface area contributed by atoms with Crippen LogP contribution in [0.1, 0.15) is 56.2 Å². The Balaban J connectivity index is 1.55. The van der Waals surface area contributed by atoms with Gasteiger partial charge in [-0.2, -0.15) is 0 Å². The van der Waals surface area contributed by atoms with Crippen molar-refractivity contribution in [2.75, 3.05) is 0 Å². The molecular formula is C44H41ClZr. The van der Waals surface area contributed by atoms with E-state index in [1.807, 2.05) is 6.07 Å². The summed E-state index contributed by atoms with van der Waals surface area (Å²) in [6, 6.07) is 35.7. The molecule has 228 valence electrons. The molecule has 0 aliphatic heterocycles. The van der Waals surface area contributed by atoms with Gasteiger partial charge in [-0.3, -0.25) is 0 Å². The molecule has 0 radical (unpaired) electrons. The van der Waals surface area contributed by atoms with Crippen LogP contribution in [0.3, 0.4) is 0 Å². The zero-order chi connectivity index (χ0) is 31.7. The predicted molar refractivity (Wildman–Crippen MR) is 195 cm³/mol. The van der Waals surface area contributed by atoms with Crippen molar-refractivity contribution in [2.45, 2.75) is 58.3 Å². The number of halogens is 1. The van der Waals surface area contributed by atoms with Crippen LogP contribution in [0.15, 0.2) is 139 Å². The molecule has 0 heterocycles. The van der Waals surface area contributed by atoms with Gasteiger partial charge in [0.15, 0.2) is 0 Å². The van der Waals surface area contributed by atoms with Gasteiger partial charge >= 0.3 is 289 Å². The molecule has 0 spiro atoms. The quantitative estimate of drug-likeness (QED) is 0.164. The van der Waals surface area contributed by atoms with Crippen LogP contribution in [-0.4, -0.2) is 3.71 Å². The monoisotopic (exact) mass is 694 g/mol. The van der Waals surface area contributed by atoms with Crippen molar-refractivity contribution in [3.05, 3.63) is 171 Å². The van der Waals surface area contributed by atoms with Gasteiger partial charge in [-0.05, 0) is 0 Å². The van der Waals surface area contributed by atoms with Gasteiger partial charge in [0.2, 0.25) is 0 Å². The zero-order valence-corrected chi connectivity index (χ0v) is 30.3. The topological polar surface area (TPSA) is 0 Å². The summed E-state index contributed by atoms with van der Waals surface area (Å²) in [7, 11) is 0. The van der Waals surface area contributed by atoms with E-state index in [1.165, 1.54) is 67.8 Å². The second-order valence-corrected chi connectivity index (χ2v) is 19.2. The fraction of sp³-hybridized carbons (Fsp3) is 0.205. The van der Waals surface area contributed by atoms with Crippen LogP contribution in [0.4, 0.5) is 0 Å². The fourth-order valence-electron chi connectivity index (χ4n) is 7.82. The minimum atomic E-state index is -2.63. The van der Waals surface area contributed by atoms with Crippen LogP contribution in [0.2, 0.25) is 5.02 Å². The van der Waals surface area contributed by atoms with Crippen molar-refractivity contribution in [2.24, 2.45) is 0 Å². The third-order valence-electron chi connectivity index (χ3n) is 10.1. The Kier molecular flexibility index (Phi) is 9.09. The molecule has 0 amide bonds. The van der Waals surface area contributed by atoms with Gasteiger partial charge in [0.1, 0.15) is 0 Å². The first-order valence-corrected chi connectivity index (χ1v) is 21.0. The number of hydrogen-bond donors (Lipinski definition) is 0. The molecule has 7 rings (SSSR count). The molecule has 2 heteroatoms. The Morgan fingerprint density at radius 2 is 1.63 bits per heavy atom. The number of allylic oxidation sites excluding steroid dienone is 8. The minimum absolute atomic E-state index is 0.116. The van der Waals surface area contributed by atoms with Crippen molar-refractivity contribution in [1.29, 1.82) is 0 Å². The molecule has 1 atom stereocenters. The van der Waals surface area contributed by atoms with Crippen LogP contribution in [0.25, 0.3) is 22.8 Å². The number of rotatable bonds is 9. The van der Waals surface area contributed by atoms with Crippen LogP contribution in [-0.2, 0) is 33.1 Å². The second-order valence-electron chi connectivity index (χ2n) is 12.9. The number of benzene rings is 4. The first kappa shape index (κ1) is 31.2. The summed E-state index contributed by atoms with van der Waals surface area (Å²) in [6.07, 6.45) is 17.8. The van der Waals surface area contributed by atoms with Gasteiger partial charge < -0.3 is 0 Å². The van der Waals surface area contributed by atoms with Gasteiger partial charge in [0.25, 0.3) is 0 Å². The summed E-state index contributed by atoms with van der Waals surface area (Å²) in [5.74, 6) is 0. The van der Waals surface area contributed by atoms with E-state index in [4.69, 9.17) is 11.6 Å². The van der Waals surface area contributed by atoms with Crippen molar-refractivity contribution >= 4 is 27.0 Å². The maximum atomic E-state index is 6.49. The SMILES string of the molecule is CCCCC1(c2ccccc2)C(C)=CC2=c3cc(C)c(-c4ccccc4)cc3=CC2=[C]1[Zr](=[CH]Cc1cccc(Cl)c1)[C]1=CC=CC1. The second kappa shape index (κ2) is 13.4. The first-order valence-electron chi connectivity index (χ1n) is 16.7. The Morgan fingerprint density at radius 3 is 2.35 bits per heavy atom. The Bertz CT molecular complexity index is 2090. The molecule has 1 unspecified atom stereocenters. The molecule has 4 aromatic carbocycles. The predicted octanol–water partition coefficient (Wildman–Crippen LogP) is 10.1. The van der Waals surface area contributed by atoms with Gasteiger partial charge in [0, 0.05) is 0 Å². The van der Waals surface area contributed by atoms with Crippen LogP contribution in [0.5, 0.6) is 0 Å². The van der Waals surface area contributed by atoms with Crippen molar-refractivity contribution in [3.8, 4) is 11.1 Å². The van der Waals surface area contributed by atoms with Crippen molar-refractivity contribution < 1.29 is 21.3 Å². The standard InChI is InChI=1S/C31H29.C8H7Cl.C5H5.Zr/c1-4-5-16-31(27-14-10-7-11-15-27)21-26-19-25-20-28(24-12-8-6-9-13-24)22(2)17-29(25)30(26)18-23(31)3;1-2-7-4-3-5-8(9)6-7;1-2-4-5-3-1;/h6-15,17-20H,4-5,16H2,1-3H3;1,3-6H,2H2;1-3H,4H2;. The van der Waals surface area contributed by atoms with Crippen molar-refractivity contribution in [1.82, 2.24) is 0 Å². The van der Waals surface area contributed by atoms with Crippen LogP contribution in [0, 0.1) is 6.92 Å². The van der Waals surface area contributed by atoms with Crippen molar-refractivity contribution in [3.63, 3.8) is 0 Å². The molecule has 46 heavy (non-hydrogen) atoms. The molecule has 0 bridgehead atoms. The molecule has 3 aliphatic rings. The molecule has 3 aliphatic carbocycles. The Hall–Kier alpha value is -3.38.